The molecule has 8 heteroatoms. The van der Waals surface area contributed by atoms with Crippen molar-refractivity contribution in [1.29, 1.82) is 0 Å². The largest absolute Gasteiger partial charge is 0.497 e. The fourth-order valence-electron chi connectivity index (χ4n) is 2.78. The molecule has 0 spiro atoms. The molecule has 0 aliphatic heterocycles. The number of nitrogen functional groups attached to an aromatic ring is 2. The van der Waals surface area contributed by atoms with E-state index in [-0.39, 0.29) is 11.8 Å². The molecule has 0 aliphatic rings. The first-order valence-corrected chi connectivity index (χ1v) is 8.44. The van der Waals surface area contributed by atoms with Gasteiger partial charge in [0.25, 0.3) is 0 Å². The van der Waals surface area contributed by atoms with Gasteiger partial charge in [0.15, 0.2) is 17.0 Å². The molecule has 7 nitrogen and oxygen atoms in total. The van der Waals surface area contributed by atoms with Gasteiger partial charge in [0.05, 0.1) is 17.8 Å². The minimum atomic E-state index is 0.0385. The van der Waals surface area contributed by atoms with Crippen LogP contribution < -0.4 is 16.2 Å². The van der Waals surface area contributed by atoms with Crippen LogP contribution in [0.5, 0.6) is 5.75 Å². The van der Waals surface area contributed by atoms with Gasteiger partial charge in [0.1, 0.15) is 11.4 Å². The van der Waals surface area contributed by atoms with Crippen LogP contribution >= 0.6 is 11.6 Å². The van der Waals surface area contributed by atoms with Crippen molar-refractivity contribution in [3.8, 4) is 28.3 Å². The van der Waals surface area contributed by atoms with Crippen molar-refractivity contribution in [2.24, 2.45) is 0 Å². The topological polar surface area (TPSA) is 113 Å². The third-order valence-electron chi connectivity index (χ3n) is 4.07. The zero-order chi connectivity index (χ0) is 19.0. The van der Waals surface area contributed by atoms with Gasteiger partial charge < -0.3 is 16.2 Å². The lowest BCUT2D eigenvalue weighted by molar-refractivity contribution is 0.415. The van der Waals surface area contributed by atoms with Gasteiger partial charge in [-0.1, -0.05) is 29.8 Å². The Labute approximate surface area is 160 Å². The van der Waals surface area contributed by atoms with Crippen molar-refractivity contribution in [2.75, 3.05) is 18.6 Å². The summed E-state index contributed by atoms with van der Waals surface area (Å²) in [6.45, 7) is 0. The number of rotatable bonds is 3. The van der Waals surface area contributed by atoms with E-state index in [0.717, 1.165) is 16.9 Å². The second-order valence-corrected chi connectivity index (χ2v) is 6.18. The molecule has 2 aromatic carbocycles. The molecule has 0 unspecified atom stereocenters. The molecule has 2 heterocycles. The van der Waals surface area contributed by atoms with E-state index in [1.807, 2.05) is 42.5 Å². The number of methoxy groups -OCH3 is 1. The van der Waals surface area contributed by atoms with E-state index < -0.39 is 0 Å². The number of aromatic nitrogens is 4. The number of hydrogen-bond donors (Lipinski definition) is 2. The third kappa shape index (κ3) is 3.09. The molecule has 27 heavy (non-hydrogen) atoms. The van der Waals surface area contributed by atoms with E-state index in [9.17, 15) is 0 Å². The maximum atomic E-state index is 6.41. The number of anilines is 2. The zero-order valence-corrected chi connectivity index (χ0v) is 15.1. The first kappa shape index (κ1) is 17.0. The average molecular weight is 379 g/mol. The number of ether oxygens (including phenoxy) is 1. The summed E-state index contributed by atoms with van der Waals surface area (Å²) in [7, 11) is 1.61. The Morgan fingerprint density at radius 3 is 2.30 bits per heavy atom. The molecule has 4 rings (SSSR count). The lowest BCUT2D eigenvalue weighted by atomic mass is 10.0. The monoisotopic (exact) mass is 378 g/mol. The molecule has 0 atom stereocenters. The predicted molar refractivity (Wildman–Crippen MR) is 106 cm³/mol. The lowest BCUT2D eigenvalue weighted by Gasteiger charge is -2.12. The van der Waals surface area contributed by atoms with Crippen LogP contribution in [0.15, 0.2) is 48.5 Å². The molecule has 4 N–H and O–H groups in total. The van der Waals surface area contributed by atoms with Crippen LogP contribution in [0.4, 0.5) is 11.8 Å². The van der Waals surface area contributed by atoms with Crippen LogP contribution in [0.25, 0.3) is 33.7 Å². The molecule has 0 saturated heterocycles. The summed E-state index contributed by atoms with van der Waals surface area (Å²) in [5, 5.41) is 0.552. The Balaban J connectivity index is 2.04. The fraction of sp³-hybridized carbons (Fsp3) is 0.0526. The van der Waals surface area contributed by atoms with Crippen molar-refractivity contribution < 1.29 is 4.74 Å². The van der Waals surface area contributed by atoms with E-state index in [2.05, 4.69) is 15.0 Å². The van der Waals surface area contributed by atoms with Crippen molar-refractivity contribution in [2.45, 2.75) is 0 Å². The van der Waals surface area contributed by atoms with Crippen LogP contribution in [-0.4, -0.2) is 27.0 Å². The van der Waals surface area contributed by atoms with Gasteiger partial charge in [0, 0.05) is 11.1 Å². The van der Waals surface area contributed by atoms with E-state index in [1.165, 1.54) is 0 Å². The number of nitrogens with zero attached hydrogens (tertiary/aromatic N) is 4. The number of nitrogens with two attached hydrogens (primary N) is 2. The van der Waals surface area contributed by atoms with Gasteiger partial charge >= 0.3 is 0 Å². The summed E-state index contributed by atoms with van der Waals surface area (Å²) >= 11 is 6.41. The molecule has 0 amide bonds. The first-order valence-electron chi connectivity index (χ1n) is 8.07. The fourth-order valence-corrected chi connectivity index (χ4v) is 3.00. The van der Waals surface area contributed by atoms with E-state index in [4.69, 9.17) is 32.8 Å². The Morgan fingerprint density at radius 1 is 0.852 bits per heavy atom. The van der Waals surface area contributed by atoms with E-state index >= 15 is 0 Å². The maximum absolute atomic E-state index is 6.41. The van der Waals surface area contributed by atoms with Gasteiger partial charge in [0.2, 0.25) is 5.95 Å². The first-order chi connectivity index (χ1) is 13.1. The summed E-state index contributed by atoms with van der Waals surface area (Å²) in [6.07, 6.45) is 0. The third-order valence-corrected chi connectivity index (χ3v) is 4.40. The molecule has 134 valence electrons. The van der Waals surface area contributed by atoms with Crippen LogP contribution in [0.2, 0.25) is 5.02 Å². The molecule has 4 aromatic rings. The predicted octanol–water partition coefficient (Wildman–Crippen LogP) is 3.58. The summed E-state index contributed by atoms with van der Waals surface area (Å²) in [5.74, 6) is 0.949. The Hall–Kier alpha value is -3.45. The normalized spacial score (nSPS) is 10.9. The van der Waals surface area contributed by atoms with Gasteiger partial charge in [-0.05, 0) is 30.3 Å². The van der Waals surface area contributed by atoms with Crippen LogP contribution in [-0.2, 0) is 0 Å². The van der Waals surface area contributed by atoms with Crippen LogP contribution in [0.3, 0.4) is 0 Å². The SMILES string of the molecule is COc1ccc(-c2nc3c(N)nc(N)nc3nc2-c2ccccc2Cl)cc1. The number of benzene rings is 2. The standard InChI is InChI=1S/C19H15ClN6O/c1-27-11-8-6-10(7-9-11)14-15(12-4-2-3-5-13(12)20)24-18-16(23-14)17(21)25-19(22)26-18/h2-9H,1H3,(H4,21,22,24,25,26). The summed E-state index contributed by atoms with van der Waals surface area (Å²) in [4.78, 5) is 17.5. The maximum Gasteiger partial charge on any atom is 0.224 e. The van der Waals surface area contributed by atoms with Gasteiger partial charge in [-0.2, -0.15) is 9.97 Å². The van der Waals surface area contributed by atoms with Gasteiger partial charge in [-0.15, -0.1) is 0 Å². The minimum absolute atomic E-state index is 0.0385. The molecule has 0 radical (unpaired) electrons. The minimum Gasteiger partial charge on any atom is -0.497 e. The smallest absolute Gasteiger partial charge is 0.224 e. The number of halogens is 1. The summed E-state index contributed by atoms with van der Waals surface area (Å²) in [5.41, 5.74) is 15.1. The summed E-state index contributed by atoms with van der Waals surface area (Å²) < 4.78 is 5.23. The highest BCUT2D eigenvalue weighted by Gasteiger charge is 2.18. The van der Waals surface area contributed by atoms with Gasteiger partial charge in [-0.25, -0.2) is 9.97 Å². The van der Waals surface area contributed by atoms with Crippen molar-refractivity contribution >= 4 is 34.5 Å². The van der Waals surface area contributed by atoms with Gasteiger partial charge in [-0.3, -0.25) is 0 Å². The molecule has 0 fully saturated rings. The van der Waals surface area contributed by atoms with Crippen LogP contribution in [0, 0.1) is 0 Å². The second kappa shape index (κ2) is 6.69. The number of hydrogen-bond acceptors (Lipinski definition) is 7. The highest BCUT2D eigenvalue weighted by atomic mass is 35.5. The highest BCUT2D eigenvalue weighted by molar-refractivity contribution is 6.33. The Bertz CT molecular complexity index is 1150. The molecule has 0 aliphatic carbocycles. The van der Waals surface area contributed by atoms with Crippen molar-refractivity contribution in [1.82, 2.24) is 19.9 Å². The quantitative estimate of drug-likeness (QED) is 0.560. The molecule has 2 aromatic heterocycles. The lowest BCUT2D eigenvalue weighted by Crippen LogP contribution is -2.05. The molecule has 0 saturated carbocycles. The zero-order valence-electron chi connectivity index (χ0n) is 14.3. The Kier molecular flexibility index (Phi) is 4.21. The van der Waals surface area contributed by atoms with E-state index in [1.54, 1.807) is 13.2 Å². The summed E-state index contributed by atoms with van der Waals surface area (Å²) in [6, 6.07) is 14.9. The van der Waals surface area contributed by atoms with Crippen molar-refractivity contribution in [3.05, 3.63) is 53.6 Å². The highest BCUT2D eigenvalue weighted by Crippen LogP contribution is 2.35. The van der Waals surface area contributed by atoms with E-state index in [0.29, 0.717) is 27.6 Å². The second-order valence-electron chi connectivity index (χ2n) is 5.77. The molecule has 0 bridgehead atoms. The average Bonchev–Trinajstić information content (AvgIpc) is 2.67. The number of fused-ring (bicyclic) bond motifs is 1. The Morgan fingerprint density at radius 2 is 1.59 bits per heavy atom. The van der Waals surface area contributed by atoms with Crippen LogP contribution in [0.1, 0.15) is 0 Å². The molecular formula is C19H15ClN6O. The molecular weight excluding hydrogens is 364 g/mol. The van der Waals surface area contributed by atoms with Crippen molar-refractivity contribution in [3.63, 3.8) is 0 Å².